The maximum Gasteiger partial charge on any atom is 0.297 e. The topological polar surface area (TPSA) is 66.3 Å². The fourth-order valence-electron chi connectivity index (χ4n) is 3.99. The Labute approximate surface area is 157 Å². The number of anilines is 1. The van der Waals surface area contributed by atoms with Crippen molar-refractivity contribution in [2.75, 3.05) is 18.0 Å². The fourth-order valence-corrected chi connectivity index (χ4v) is 3.99. The van der Waals surface area contributed by atoms with Gasteiger partial charge in [-0.25, -0.2) is 9.37 Å². The Hall–Kier alpha value is -2.70. The first-order valence-corrected chi connectivity index (χ1v) is 9.47. The highest BCUT2D eigenvalue weighted by Crippen LogP contribution is 2.26. The van der Waals surface area contributed by atoms with Crippen molar-refractivity contribution in [2.45, 2.75) is 39.5 Å². The molecule has 3 heterocycles. The summed E-state index contributed by atoms with van der Waals surface area (Å²) in [5.41, 5.74) is 2.07. The van der Waals surface area contributed by atoms with E-state index in [1.54, 1.807) is 6.07 Å². The van der Waals surface area contributed by atoms with Crippen LogP contribution < -0.4 is 10.5 Å². The summed E-state index contributed by atoms with van der Waals surface area (Å²) in [4.78, 5) is 23.7. The molecule has 3 aromatic rings. The predicted molar refractivity (Wildman–Crippen MR) is 103 cm³/mol. The van der Waals surface area contributed by atoms with Crippen LogP contribution in [0.5, 0.6) is 0 Å². The van der Waals surface area contributed by atoms with Gasteiger partial charge in [-0.05, 0) is 57.1 Å². The van der Waals surface area contributed by atoms with Gasteiger partial charge in [-0.2, -0.15) is 9.50 Å². The lowest BCUT2D eigenvalue weighted by Crippen LogP contribution is -2.38. The summed E-state index contributed by atoms with van der Waals surface area (Å²) in [6.45, 7) is 5.31. The summed E-state index contributed by atoms with van der Waals surface area (Å²) < 4.78 is 15.2. The average Bonchev–Trinajstić information content (AvgIpc) is 3.02. The van der Waals surface area contributed by atoms with E-state index in [4.69, 9.17) is 0 Å². The number of aromatic amines is 1. The number of aromatic nitrogens is 4. The Bertz CT molecular complexity index is 1020. The third-order valence-corrected chi connectivity index (χ3v) is 5.47. The Morgan fingerprint density at radius 2 is 1.93 bits per heavy atom. The number of aryl methyl sites for hydroxylation is 3. The first kappa shape index (κ1) is 17.7. The highest BCUT2D eigenvalue weighted by Gasteiger charge is 2.24. The molecule has 1 aromatic carbocycles. The van der Waals surface area contributed by atoms with Crippen LogP contribution in [0.15, 0.2) is 29.1 Å². The van der Waals surface area contributed by atoms with Crippen molar-refractivity contribution in [3.05, 3.63) is 57.5 Å². The van der Waals surface area contributed by atoms with Gasteiger partial charge in [0, 0.05) is 13.1 Å². The molecule has 7 heteroatoms. The Kier molecular flexibility index (Phi) is 4.68. The second-order valence-corrected chi connectivity index (χ2v) is 7.36. The molecule has 1 fully saturated rings. The average molecular weight is 369 g/mol. The molecule has 1 aliphatic rings. The van der Waals surface area contributed by atoms with Crippen LogP contribution in [-0.4, -0.2) is 32.7 Å². The number of nitrogens with one attached hydrogen (secondary N) is 1. The van der Waals surface area contributed by atoms with E-state index in [0.29, 0.717) is 23.2 Å². The molecule has 0 saturated carbocycles. The van der Waals surface area contributed by atoms with E-state index < -0.39 is 0 Å². The fraction of sp³-hybridized carbons (Fsp3) is 0.450. The second kappa shape index (κ2) is 7.13. The molecule has 0 atom stereocenters. The molecule has 1 N–H and O–H groups in total. The lowest BCUT2D eigenvalue weighted by atomic mass is 9.90. The first-order chi connectivity index (χ1) is 13.0. The minimum atomic E-state index is -0.118. The highest BCUT2D eigenvalue weighted by molar-refractivity contribution is 5.52. The van der Waals surface area contributed by atoms with Crippen LogP contribution in [0.1, 0.15) is 36.3 Å². The number of fused-ring (bicyclic) bond motifs is 1. The van der Waals surface area contributed by atoms with Crippen LogP contribution >= 0.6 is 0 Å². The summed E-state index contributed by atoms with van der Waals surface area (Å²) in [5.74, 6) is 1.52. The van der Waals surface area contributed by atoms with Gasteiger partial charge in [-0.15, -0.1) is 0 Å². The molecule has 4 rings (SSSR count). The molecule has 0 spiro atoms. The number of hydrogen-bond donors (Lipinski definition) is 1. The van der Waals surface area contributed by atoms with E-state index in [1.165, 1.54) is 10.6 Å². The summed E-state index contributed by atoms with van der Waals surface area (Å²) in [5, 5.41) is 2.95. The summed E-state index contributed by atoms with van der Waals surface area (Å²) in [6.07, 6.45) is 3.74. The molecular weight excluding hydrogens is 345 g/mol. The van der Waals surface area contributed by atoms with E-state index >= 15 is 0 Å². The molecule has 0 aliphatic carbocycles. The lowest BCUT2D eigenvalue weighted by molar-refractivity contribution is 0.379. The zero-order chi connectivity index (χ0) is 19.0. The van der Waals surface area contributed by atoms with E-state index in [0.717, 1.165) is 50.0 Å². The molecule has 142 valence electrons. The van der Waals surface area contributed by atoms with Gasteiger partial charge < -0.3 is 4.90 Å². The molecule has 1 aliphatic heterocycles. The Balaban J connectivity index is 1.44. The van der Waals surface area contributed by atoms with Crippen molar-refractivity contribution in [1.29, 1.82) is 0 Å². The Morgan fingerprint density at radius 3 is 2.67 bits per heavy atom. The summed E-state index contributed by atoms with van der Waals surface area (Å²) in [7, 11) is 0. The number of H-pyrrole nitrogens is 1. The van der Waals surface area contributed by atoms with Gasteiger partial charge in [-0.1, -0.05) is 18.2 Å². The number of rotatable bonds is 4. The first-order valence-electron chi connectivity index (χ1n) is 9.47. The summed E-state index contributed by atoms with van der Waals surface area (Å²) >= 11 is 0. The van der Waals surface area contributed by atoms with Crippen molar-refractivity contribution in [3.63, 3.8) is 0 Å². The molecule has 1 saturated heterocycles. The van der Waals surface area contributed by atoms with Gasteiger partial charge >= 0.3 is 0 Å². The van der Waals surface area contributed by atoms with Crippen LogP contribution in [-0.2, 0) is 6.42 Å². The number of piperidine rings is 1. The van der Waals surface area contributed by atoms with Crippen molar-refractivity contribution in [3.8, 4) is 0 Å². The van der Waals surface area contributed by atoms with Gasteiger partial charge in [0.1, 0.15) is 17.3 Å². The van der Waals surface area contributed by atoms with Gasteiger partial charge in [0.05, 0.1) is 5.69 Å². The summed E-state index contributed by atoms with van der Waals surface area (Å²) in [6, 6.07) is 7.00. The minimum absolute atomic E-state index is 0.0945. The second-order valence-electron chi connectivity index (χ2n) is 7.36. The van der Waals surface area contributed by atoms with Crippen LogP contribution in [0.2, 0.25) is 0 Å². The number of benzene rings is 1. The molecule has 0 unspecified atom stereocenters. The molecule has 6 nitrogen and oxygen atoms in total. The maximum absolute atomic E-state index is 13.8. The minimum Gasteiger partial charge on any atom is -0.366 e. The van der Waals surface area contributed by atoms with Crippen molar-refractivity contribution >= 4 is 11.5 Å². The van der Waals surface area contributed by atoms with E-state index in [-0.39, 0.29) is 11.4 Å². The number of hydrogen-bond acceptors (Lipinski definition) is 4. The molecule has 0 radical (unpaired) electrons. The third-order valence-electron chi connectivity index (χ3n) is 5.47. The lowest BCUT2D eigenvalue weighted by Gasteiger charge is -2.33. The van der Waals surface area contributed by atoms with Crippen molar-refractivity contribution in [2.24, 2.45) is 5.92 Å². The number of halogens is 1. The zero-order valence-corrected chi connectivity index (χ0v) is 15.7. The van der Waals surface area contributed by atoms with E-state index in [1.807, 2.05) is 26.0 Å². The van der Waals surface area contributed by atoms with Gasteiger partial charge in [0.2, 0.25) is 0 Å². The molecule has 0 bridgehead atoms. The van der Waals surface area contributed by atoms with Gasteiger partial charge in [0.25, 0.3) is 11.3 Å². The molecule has 27 heavy (non-hydrogen) atoms. The van der Waals surface area contributed by atoms with Crippen LogP contribution in [0.4, 0.5) is 10.1 Å². The van der Waals surface area contributed by atoms with Gasteiger partial charge in [0.15, 0.2) is 0 Å². The maximum atomic E-state index is 13.8. The third kappa shape index (κ3) is 3.46. The van der Waals surface area contributed by atoms with E-state index in [2.05, 4.69) is 20.0 Å². The number of nitrogens with zero attached hydrogens (tertiary/aromatic N) is 4. The zero-order valence-electron chi connectivity index (χ0n) is 15.7. The highest BCUT2D eigenvalue weighted by atomic mass is 19.1. The Morgan fingerprint density at radius 1 is 1.19 bits per heavy atom. The van der Waals surface area contributed by atoms with Crippen LogP contribution in [0.25, 0.3) is 5.78 Å². The van der Waals surface area contributed by atoms with Crippen LogP contribution in [0.3, 0.4) is 0 Å². The molecule has 2 aromatic heterocycles. The molecular formula is C20H24FN5O. The molecule has 0 amide bonds. The standard InChI is InChI=1S/C20H24FN5O/c1-13-18(19(27)26-20(22-13)23-14(2)24-26)25-11-9-15(10-12-25)7-8-16-5-3-4-6-17(16)21/h3-6,15H,7-12H2,1-2H3,(H,22,23,24). The largest absolute Gasteiger partial charge is 0.366 e. The monoisotopic (exact) mass is 369 g/mol. The van der Waals surface area contributed by atoms with Crippen molar-refractivity contribution in [1.82, 2.24) is 19.6 Å². The normalized spacial score (nSPS) is 15.6. The predicted octanol–water partition coefficient (Wildman–Crippen LogP) is 3.02. The smallest absolute Gasteiger partial charge is 0.297 e. The van der Waals surface area contributed by atoms with Crippen molar-refractivity contribution < 1.29 is 4.39 Å². The van der Waals surface area contributed by atoms with Gasteiger partial charge in [-0.3, -0.25) is 9.89 Å². The van der Waals surface area contributed by atoms with Crippen LogP contribution in [0, 0.1) is 25.6 Å². The SMILES string of the molecule is Cc1nc2nc(C)c(N3CCC(CCc4ccccc4F)CC3)c(=O)n2[nH]1. The van der Waals surface area contributed by atoms with E-state index in [9.17, 15) is 9.18 Å². The quantitative estimate of drug-likeness (QED) is 0.768.